The van der Waals surface area contributed by atoms with Gasteiger partial charge in [0.2, 0.25) is 0 Å². The molecular formula is C14H23NO3. The highest BCUT2D eigenvalue weighted by atomic mass is 16.5. The molecule has 0 aliphatic rings. The molecule has 4 heteroatoms. The molecule has 0 aromatic heterocycles. The molecule has 1 unspecified atom stereocenters. The summed E-state index contributed by atoms with van der Waals surface area (Å²) in [4.78, 5) is 0. The number of benzene rings is 1. The van der Waals surface area contributed by atoms with Crippen molar-refractivity contribution in [3.05, 3.63) is 29.8 Å². The number of ether oxygens (including phenoxy) is 1. The van der Waals surface area contributed by atoms with Crippen molar-refractivity contribution in [2.24, 2.45) is 0 Å². The minimum Gasteiger partial charge on any atom is -0.508 e. The van der Waals surface area contributed by atoms with Crippen molar-refractivity contribution in [3.63, 3.8) is 0 Å². The Morgan fingerprint density at radius 3 is 2.61 bits per heavy atom. The third-order valence-electron chi connectivity index (χ3n) is 2.78. The molecule has 1 aromatic rings. The van der Waals surface area contributed by atoms with Crippen molar-refractivity contribution in [3.8, 4) is 5.75 Å². The second kappa shape index (κ2) is 8.91. The van der Waals surface area contributed by atoms with Crippen LogP contribution in [0, 0.1) is 0 Å². The van der Waals surface area contributed by atoms with Gasteiger partial charge in [-0.3, -0.25) is 0 Å². The SMILES string of the molecule is CC(CCc1ccc(O)cc1)NCCOCCO. The maximum absolute atomic E-state index is 9.18. The summed E-state index contributed by atoms with van der Waals surface area (Å²) < 4.78 is 5.17. The molecule has 1 rings (SSSR count). The summed E-state index contributed by atoms with van der Waals surface area (Å²) in [6.45, 7) is 4.06. The smallest absolute Gasteiger partial charge is 0.115 e. The van der Waals surface area contributed by atoms with Crippen LogP contribution in [0.4, 0.5) is 0 Å². The lowest BCUT2D eigenvalue weighted by Crippen LogP contribution is -2.30. The van der Waals surface area contributed by atoms with Gasteiger partial charge >= 0.3 is 0 Å². The number of aryl methyl sites for hydroxylation is 1. The lowest BCUT2D eigenvalue weighted by molar-refractivity contribution is 0.0927. The molecule has 0 fully saturated rings. The van der Waals surface area contributed by atoms with E-state index in [9.17, 15) is 5.11 Å². The maximum atomic E-state index is 9.18. The molecule has 0 spiro atoms. The van der Waals surface area contributed by atoms with E-state index in [1.165, 1.54) is 5.56 Å². The fourth-order valence-corrected chi connectivity index (χ4v) is 1.69. The summed E-state index contributed by atoms with van der Waals surface area (Å²) in [6.07, 6.45) is 2.04. The standard InChI is InChI=1S/C14H23NO3/c1-12(15-8-10-18-11-9-16)2-3-13-4-6-14(17)7-5-13/h4-7,12,15-17H,2-3,8-11H2,1H3. The third-order valence-corrected chi connectivity index (χ3v) is 2.78. The lowest BCUT2D eigenvalue weighted by Gasteiger charge is -2.13. The summed E-state index contributed by atoms with van der Waals surface area (Å²) in [5.41, 5.74) is 1.23. The Morgan fingerprint density at radius 2 is 1.94 bits per heavy atom. The number of phenolic OH excluding ortho intramolecular Hbond substituents is 1. The Labute approximate surface area is 109 Å². The van der Waals surface area contributed by atoms with E-state index in [0.29, 0.717) is 25.0 Å². The van der Waals surface area contributed by atoms with E-state index < -0.39 is 0 Å². The molecular weight excluding hydrogens is 230 g/mol. The van der Waals surface area contributed by atoms with Crippen LogP contribution in [0.15, 0.2) is 24.3 Å². The number of phenols is 1. The molecule has 0 saturated carbocycles. The molecule has 0 bridgehead atoms. The molecule has 3 N–H and O–H groups in total. The lowest BCUT2D eigenvalue weighted by atomic mass is 10.1. The predicted octanol–water partition coefficient (Wildman–Crippen LogP) is 1.31. The van der Waals surface area contributed by atoms with Gasteiger partial charge in [0.15, 0.2) is 0 Å². The van der Waals surface area contributed by atoms with Gasteiger partial charge in [-0.1, -0.05) is 12.1 Å². The first-order chi connectivity index (χ1) is 8.72. The molecule has 4 nitrogen and oxygen atoms in total. The van der Waals surface area contributed by atoms with Gasteiger partial charge in [-0.15, -0.1) is 0 Å². The van der Waals surface area contributed by atoms with E-state index in [2.05, 4.69) is 12.2 Å². The molecule has 0 saturated heterocycles. The van der Waals surface area contributed by atoms with Crippen LogP contribution < -0.4 is 5.32 Å². The minimum absolute atomic E-state index is 0.0798. The van der Waals surface area contributed by atoms with Crippen LogP contribution in [0.1, 0.15) is 18.9 Å². The van der Waals surface area contributed by atoms with Gasteiger partial charge in [0.05, 0.1) is 19.8 Å². The number of aliphatic hydroxyl groups is 1. The monoisotopic (exact) mass is 253 g/mol. The van der Waals surface area contributed by atoms with Crippen LogP contribution >= 0.6 is 0 Å². The zero-order valence-corrected chi connectivity index (χ0v) is 10.9. The van der Waals surface area contributed by atoms with Crippen molar-refractivity contribution in [2.45, 2.75) is 25.8 Å². The summed E-state index contributed by atoms with van der Waals surface area (Å²) in [6, 6.07) is 7.77. The number of hydrogen-bond donors (Lipinski definition) is 3. The molecule has 0 aliphatic heterocycles. The fourth-order valence-electron chi connectivity index (χ4n) is 1.69. The van der Waals surface area contributed by atoms with Gasteiger partial charge in [-0.05, 0) is 37.5 Å². The van der Waals surface area contributed by atoms with Crippen molar-refractivity contribution < 1.29 is 14.9 Å². The van der Waals surface area contributed by atoms with Gasteiger partial charge < -0.3 is 20.3 Å². The van der Waals surface area contributed by atoms with Gasteiger partial charge in [0.1, 0.15) is 5.75 Å². The van der Waals surface area contributed by atoms with Crippen LogP contribution in [0.5, 0.6) is 5.75 Å². The van der Waals surface area contributed by atoms with Crippen LogP contribution in [0.25, 0.3) is 0 Å². The van der Waals surface area contributed by atoms with Crippen LogP contribution in [-0.4, -0.2) is 42.6 Å². The first kappa shape index (κ1) is 15.0. The van der Waals surface area contributed by atoms with Gasteiger partial charge in [-0.25, -0.2) is 0 Å². The second-order valence-corrected chi connectivity index (χ2v) is 4.40. The third kappa shape index (κ3) is 6.59. The number of rotatable bonds is 9. The zero-order valence-electron chi connectivity index (χ0n) is 10.9. The quantitative estimate of drug-likeness (QED) is 0.581. The molecule has 0 aliphatic carbocycles. The number of aromatic hydroxyl groups is 1. The van der Waals surface area contributed by atoms with Crippen LogP contribution in [-0.2, 0) is 11.2 Å². The van der Waals surface area contributed by atoms with Crippen LogP contribution in [0.3, 0.4) is 0 Å². The zero-order chi connectivity index (χ0) is 13.2. The topological polar surface area (TPSA) is 61.7 Å². The average Bonchev–Trinajstić information content (AvgIpc) is 2.38. The van der Waals surface area contributed by atoms with Gasteiger partial charge in [0.25, 0.3) is 0 Å². The Balaban J connectivity index is 2.09. The Morgan fingerprint density at radius 1 is 1.22 bits per heavy atom. The molecule has 1 aromatic carbocycles. The molecule has 0 radical (unpaired) electrons. The maximum Gasteiger partial charge on any atom is 0.115 e. The predicted molar refractivity (Wildman–Crippen MR) is 71.8 cm³/mol. The van der Waals surface area contributed by atoms with Crippen molar-refractivity contribution in [2.75, 3.05) is 26.4 Å². The number of nitrogens with one attached hydrogen (secondary N) is 1. The second-order valence-electron chi connectivity index (χ2n) is 4.40. The number of hydrogen-bond acceptors (Lipinski definition) is 4. The van der Waals surface area contributed by atoms with E-state index in [1.807, 2.05) is 12.1 Å². The van der Waals surface area contributed by atoms with Crippen molar-refractivity contribution >= 4 is 0 Å². The molecule has 1 atom stereocenters. The van der Waals surface area contributed by atoms with Gasteiger partial charge in [0, 0.05) is 12.6 Å². The highest BCUT2D eigenvalue weighted by Gasteiger charge is 2.02. The Hall–Kier alpha value is -1.10. The summed E-state index contributed by atoms with van der Waals surface area (Å²) in [5, 5.41) is 21.1. The van der Waals surface area contributed by atoms with E-state index in [0.717, 1.165) is 19.4 Å². The minimum atomic E-state index is 0.0798. The summed E-state index contributed by atoms with van der Waals surface area (Å²) in [5.74, 6) is 0.311. The summed E-state index contributed by atoms with van der Waals surface area (Å²) >= 11 is 0. The van der Waals surface area contributed by atoms with Gasteiger partial charge in [-0.2, -0.15) is 0 Å². The van der Waals surface area contributed by atoms with E-state index in [-0.39, 0.29) is 6.61 Å². The molecule has 18 heavy (non-hydrogen) atoms. The summed E-state index contributed by atoms with van der Waals surface area (Å²) in [7, 11) is 0. The number of aliphatic hydroxyl groups excluding tert-OH is 1. The van der Waals surface area contributed by atoms with Crippen LogP contribution in [0.2, 0.25) is 0 Å². The van der Waals surface area contributed by atoms with E-state index in [1.54, 1.807) is 12.1 Å². The average molecular weight is 253 g/mol. The van der Waals surface area contributed by atoms with E-state index >= 15 is 0 Å². The molecule has 0 heterocycles. The van der Waals surface area contributed by atoms with Crippen molar-refractivity contribution in [1.82, 2.24) is 5.32 Å². The first-order valence-electron chi connectivity index (χ1n) is 6.42. The Kier molecular flexibility index (Phi) is 7.41. The molecule has 102 valence electrons. The molecule has 0 amide bonds. The highest BCUT2D eigenvalue weighted by molar-refractivity contribution is 5.25. The van der Waals surface area contributed by atoms with Crippen molar-refractivity contribution in [1.29, 1.82) is 0 Å². The first-order valence-corrected chi connectivity index (χ1v) is 6.42. The normalized spacial score (nSPS) is 12.6. The van der Waals surface area contributed by atoms with E-state index in [4.69, 9.17) is 9.84 Å². The Bertz CT molecular complexity index is 313. The largest absolute Gasteiger partial charge is 0.508 e. The highest BCUT2D eigenvalue weighted by Crippen LogP contribution is 2.11. The fraction of sp³-hybridized carbons (Fsp3) is 0.571.